The molecule has 4 nitrogen and oxygen atoms in total. The minimum absolute atomic E-state index is 0.126. The second-order valence-electron chi connectivity index (χ2n) is 4.48. The molecule has 0 fully saturated rings. The first-order valence-corrected chi connectivity index (χ1v) is 6.71. The first-order chi connectivity index (χ1) is 9.65. The van der Waals surface area contributed by atoms with Gasteiger partial charge in [-0.25, -0.2) is 0 Å². The number of benzene rings is 2. The van der Waals surface area contributed by atoms with Gasteiger partial charge in [0.25, 0.3) is 5.69 Å². The molecule has 0 atom stereocenters. The Morgan fingerprint density at radius 2 is 1.85 bits per heavy atom. The summed E-state index contributed by atoms with van der Waals surface area (Å²) in [7, 11) is 0. The molecule has 104 valence electrons. The van der Waals surface area contributed by atoms with Crippen LogP contribution in [0.2, 0.25) is 5.02 Å². The van der Waals surface area contributed by atoms with Crippen molar-refractivity contribution in [2.75, 3.05) is 6.54 Å². The zero-order valence-electron chi connectivity index (χ0n) is 10.9. The van der Waals surface area contributed by atoms with Crippen LogP contribution in [-0.2, 0) is 13.0 Å². The molecule has 0 heterocycles. The van der Waals surface area contributed by atoms with E-state index in [9.17, 15) is 10.1 Å². The zero-order valence-corrected chi connectivity index (χ0v) is 11.6. The number of nitro benzene ring substituents is 1. The lowest BCUT2D eigenvalue weighted by molar-refractivity contribution is -0.384. The summed E-state index contributed by atoms with van der Waals surface area (Å²) >= 11 is 5.91. The first-order valence-electron chi connectivity index (χ1n) is 6.33. The average Bonchev–Trinajstić information content (AvgIpc) is 2.44. The molecule has 20 heavy (non-hydrogen) atoms. The highest BCUT2D eigenvalue weighted by atomic mass is 35.5. The van der Waals surface area contributed by atoms with Crippen LogP contribution in [-0.4, -0.2) is 11.5 Å². The van der Waals surface area contributed by atoms with Crippen LogP contribution in [0.25, 0.3) is 0 Å². The summed E-state index contributed by atoms with van der Waals surface area (Å²) in [5, 5.41) is 14.6. The third-order valence-corrected chi connectivity index (χ3v) is 3.19. The fraction of sp³-hybridized carbons (Fsp3) is 0.200. The summed E-state index contributed by atoms with van der Waals surface area (Å²) in [6, 6.07) is 14.4. The second kappa shape index (κ2) is 7.03. The predicted octanol–water partition coefficient (Wildman–Crippen LogP) is 3.58. The molecule has 0 saturated heterocycles. The van der Waals surface area contributed by atoms with E-state index in [1.165, 1.54) is 12.1 Å². The van der Waals surface area contributed by atoms with Gasteiger partial charge in [-0.05, 0) is 36.2 Å². The lowest BCUT2D eigenvalue weighted by Gasteiger charge is -2.05. The lowest BCUT2D eigenvalue weighted by Crippen LogP contribution is -2.16. The van der Waals surface area contributed by atoms with Crippen molar-refractivity contribution in [1.82, 2.24) is 5.32 Å². The summed E-state index contributed by atoms with van der Waals surface area (Å²) in [5.74, 6) is 0. The second-order valence-corrected chi connectivity index (χ2v) is 4.92. The summed E-state index contributed by atoms with van der Waals surface area (Å²) in [4.78, 5) is 10.2. The molecule has 0 bridgehead atoms. The van der Waals surface area contributed by atoms with E-state index < -0.39 is 0 Å². The molecule has 0 aromatic heterocycles. The average molecular weight is 291 g/mol. The van der Waals surface area contributed by atoms with Crippen LogP contribution < -0.4 is 5.32 Å². The first kappa shape index (κ1) is 14.5. The standard InChI is InChI=1S/C15H15ClN2O2/c16-14-3-1-2-13(10-14)11-17-9-8-12-4-6-15(7-5-12)18(19)20/h1-7,10,17H,8-9,11H2. The molecule has 2 aromatic rings. The van der Waals surface area contributed by atoms with Gasteiger partial charge in [-0.3, -0.25) is 10.1 Å². The molecule has 0 radical (unpaired) electrons. The maximum atomic E-state index is 10.5. The Labute approximate surface area is 122 Å². The Kier molecular flexibility index (Phi) is 5.09. The van der Waals surface area contributed by atoms with Crippen molar-refractivity contribution in [1.29, 1.82) is 0 Å². The Hall–Kier alpha value is -1.91. The van der Waals surface area contributed by atoms with Crippen LogP contribution in [0.1, 0.15) is 11.1 Å². The smallest absolute Gasteiger partial charge is 0.269 e. The number of nitrogens with zero attached hydrogens (tertiary/aromatic N) is 1. The minimum atomic E-state index is -0.388. The maximum Gasteiger partial charge on any atom is 0.269 e. The molecule has 2 rings (SSSR count). The van der Waals surface area contributed by atoms with Crippen LogP contribution in [0.4, 0.5) is 5.69 Å². The largest absolute Gasteiger partial charge is 0.312 e. The van der Waals surface area contributed by atoms with E-state index >= 15 is 0 Å². The van der Waals surface area contributed by atoms with E-state index in [-0.39, 0.29) is 10.6 Å². The normalized spacial score (nSPS) is 10.4. The van der Waals surface area contributed by atoms with E-state index in [1.807, 2.05) is 24.3 Å². The molecule has 2 aromatic carbocycles. The molecule has 1 N–H and O–H groups in total. The van der Waals surface area contributed by atoms with E-state index in [0.717, 1.165) is 35.7 Å². The topological polar surface area (TPSA) is 55.2 Å². The van der Waals surface area contributed by atoms with Gasteiger partial charge >= 0.3 is 0 Å². The van der Waals surface area contributed by atoms with Crippen LogP contribution in [0.5, 0.6) is 0 Å². The van der Waals surface area contributed by atoms with Crippen LogP contribution >= 0.6 is 11.6 Å². The Balaban J connectivity index is 1.77. The number of hydrogen-bond acceptors (Lipinski definition) is 3. The van der Waals surface area contributed by atoms with Crippen LogP contribution in [0.3, 0.4) is 0 Å². The molecule has 0 aliphatic carbocycles. The summed E-state index contributed by atoms with van der Waals surface area (Å²) in [6.07, 6.45) is 0.832. The van der Waals surface area contributed by atoms with Gasteiger partial charge in [0, 0.05) is 23.7 Å². The van der Waals surface area contributed by atoms with E-state index in [2.05, 4.69) is 5.32 Å². The summed E-state index contributed by atoms with van der Waals surface area (Å²) in [6.45, 7) is 1.57. The van der Waals surface area contributed by atoms with Crippen LogP contribution in [0, 0.1) is 10.1 Å². The van der Waals surface area contributed by atoms with Crippen molar-refractivity contribution in [3.63, 3.8) is 0 Å². The molecule has 5 heteroatoms. The quantitative estimate of drug-likeness (QED) is 0.502. The van der Waals surface area contributed by atoms with Crippen molar-refractivity contribution < 1.29 is 4.92 Å². The summed E-state index contributed by atoms with van der Waals surface area (Å²) in [5.41, 5.74) is 2.34. The third-order valence-electron chi connectivity index (χ3n) is 2.96. The fourth-order valence-corrected chi connectivity index (χ4v) is 2.11. The molecule has 0 unspecified atom stereocenters. The van der Waals surface area contributed by atoms with Crippen molar-refractivity contribution >= 4 is 17.3 Å². The number of non-ortho nitro benzene ring substituents is 1. The van der Waals surface area contributed by atoms with Crippen molar-refractivity contribution in [3.05, 3.63) is 74.8 Å². The number of nitro groups is 1. The molecular formula is C15H15ClN2O2. The summed E-state index contributed by atoms with van der Waals surface area (Å²) < 4.78 is 0. The minimum Gasteiger partial charge on any atom is -0.312 e. The van der Waals surface area contributed by atoms with Gasteiger partial charge < -0.3 is 5.32 Å². The molecular weight excluding hydrogens is 276 g/mol. The Morgan fingerprint density at radius 3 is 2.50 bits per heavy atom. The SMILES string of the molecule is O=[N+]([O-])c1ccc(CCNCc2cccc(Cl)c2)cc1. The van der Waals surface area contributed by atoms with Gasteiger partial charge in [0.05, 0.1) is 4.92 Å². The Morgan fingerprint density at radius 1 is 1.10 bits per heavy atom. The van der Waals surface area contributed by atoms with E-state index in [0.29, 0.717) is 0 Å². The van der Waals surface area contributed by atoms with Gasteiger partial charge in [0.15, 0.2) is 0 Å². The van der Waals surface area contributed by atoms with Gasteiger partial charge in [0.1, 0.15) is 0 Å². The Bertz CT molecular complexity index is 585. The number of nitrogens with one attached hydrogen (secondary N) is 1. The predicted molar refractivity (Wildman–Crippen MR) is 80.0 cm³/mol. The lowest BCUT2D eigenvalue weighted by atomic mass is 10.1. The third kappa shape index (κ3) is 4.33. The van der Waals surface area contributed by atoms with Gasteiger partial charge in [0.2, 0.25) is 0 Å². The van der Waals surface area contributed by atoms with E-state index in [4.69, 9.17) is 11.6 Å². The van der Waals surface area contributed by atoms with Crippen molar-refractivity contribution in [2.45, 2.75) is 13.0 Å². The van der Waals surface area contributed by atoms with Crippen molar-refractivity contribution in [3.8, 4) is 0 Å². The monoisotopic (exact) mass is 290 g/mol. The number of rotatable bonds is 6. The van der Waals surface area contributed by atoms with Gasteiger partial charge in [-0.2, -0.15) is 0 Å². The number of hydrogen-bond donors (Lipinski definition) is 1. The molecule has 0 saturated carbocycles. The van der Waals surface area contributed by atoms with E-state index in [1.54, 1.807) is 12.1 Å². The highest BCUT2D eigenvalue weighted by Gasteiger charge is 2.03. The molecule has 0 aliphatic heterocycles. The molecule has 0 spiro atoms. The van der Waals surface area contributed by atoms with Gasteiger partial charge in [-0.15, -0.1) is 0 Å². The molecule has 0 aliphatic rings. The highest BCUT2D eigenvalue weighted by molar-refractivity contribution is 6.30. The number of halogens is 1. The van der Waals surface area contributed by atoms with Crippen LogP contribution in [0.15, 0.2) is 48.5 Å². The zero-order chi connectivity index (χ0) is 14.4. The fourth-order valence-electron chi connectivity index (χ4n) is 1.90. The van der Waals surface area contributed by atoms with Gasteiger partial charge in [-0.1, -0.05) is 35.9 Å². The molecule has 0 amide bonds. The highest BCUT2D eigenvalue weighted by Crippen LogP contribution is 2.12. The maximum absolute atomic E-state index is 10.5. The van der Waals surface area contributed by atoms with Crippen molar-refractivity contribution in [2.24, 2.45) is 0 Å².